The van der Waals surface area contributed by atoms with E-state index in [0.717, 1.165) is 29.6 Å². The molecule has 1 amide bonds. The highest BCUT2D eigenvalue weighted by Gasteiger charge is 2.23. The van der Waals surface area contributed by atoms with Crippen molar-refractivity contribution >= 4 is 28.7 Å². The standard InChI is InChI=1S/C19H18ClN3O3/c20-14-3-6-16-17(11-14)23(18(24)21-16)15-4-1-12(2-5-15)13-7-9-22(10-8-13)19(25)26/h1-6,11,13H,7-10H2,(H,21,24)(H,25,26). The number of amides is 1. The molecule has 7 heteroatoms. The van der Waals surface area contributed by atoms with Gasteiger partial charge in [0.15, 0.2) is 0 Å². The van der Waals surface area contributed by atoms with Gasteiger partial charge >= 0.3 is 11.8 Å². The van der Waals surface area contributed by atoms with Gasteiger partial charge in [-0.25, -0.2) is 9.59 Å². The van der Waals surface area contributed by atoms with Crippen molar-refractivity contribution in [2.45, 2.75) is 18.8 Å². The lowest BCUT2D eigenvalue weighted by atomic mass is 9.89. The van der Waals surface area contributed by atoms with Crippen molar-refractivity contribution in [2.24, 2.45) is 0 Å². The van der Waals surface area contributed by atoms with Crippen LogP contribution in [0.2, 0.25) is 5.02 Å². The van der Waals surface area contributed by atoms with E-state index in [4.69, 9.17) is 16.7 Å². The molecule has 1 fully saturated rings. The lowest BCUT2D eigenvalue weighted by molar-refractivity contribution is 0.132. The predicted molar refractivity (Wildman–Crippen MR) is 100 cm³/mol. The molecular formula is C19H18ClN3O3. The molecule has 0 radical (unpaired) electrons. The van der Waals surface area contributed by atoms with Gasteiger partial charge < -0.3 is 15.0 Å². The fourth-order valence-electron chi connectivity index (χ4n) is 3.63. The Kier molecular flexibility index (Phi) is 4.20. The molecule has 134 valence electrons. The van der Waals surface area contributed by atoms with E-state index in [0.29, 0.717) is 24.0 Å². The number of likely N-dealkylation sites (tertiary alicyclic amines) is 1. The van der Waals surface area contributed by atoms with Gasteiger partial charge in [-0.1, -0.05) is 23.7 Å². The highest BCUT2D eigenvalue weighted by Crippen LogP contribution is 2.29. The Bertz CT molecular complexity index is 1010. The van der Waals surface area contributed by atoms with Crippen LogP contribution in [0.1, 0.15) is 24.3 Å². The molecule has 3 aromatic rings. The number of aromatic amines is 1. The number of nitrogens with one attached hydrogen (secondary N) is 1. The van der Waals surface area contributed by atoms with Crippen LogP contribution < -0.4 is 5.69 Å². The number of nitrogens with zero attached hydrogens (tertiary/aromatic N) is 2. The fourth-order valence-corrected chi connectivity index (χ4v) is 3.80. The summed E-state index contributed by atoms with van der Waals surface area (Å²) in [6.45, 7) is 1.12. The summed E-state index contributed by atoms with van der Waals surface area (Å²) in [6.07, 6.45) is 0.777. The molecule has 0 unspecified atom stereocenters. The first-order chi connectivity index (χ1) is 12.5. The number of H-pyrrole nitrogens is 1. The number of halogens is 1. The predicted octanol–water partition coefficient (Wildman–Crippen LogP) is 3.83. The molecule has 0 bridgehead atoms. The number of carboxylic acid groups (broad SMARTS) is 1. The van der Waals surface area contributed by atoms with Gasteiger partial charge in [0.25, 0.3) is 0 Å². The normalized spacial score (nSPS) is 15.5. The Hall–Kier alpha value is -2.73. The largest absolute Gasteiger partial charge is 0.465 e. The molecule has 2 aromatic carbocycles. The van der Waals surface area contributed by atoms with Crippen LogP contribution in [-0.4, -0.2) is 38.7 Å². The van der Waals surface area contributed by atoms with Crippen molar-refractivity contribution in [3.63, 3.8) is 0 Å². The Morgan fingerprint density at radius 2 is 1.81 bits per heavy atom. The fraction of sp³-hybridized carbons (Fsp3) is 0.263. The van der Waals surface area contributed by atoms with E-state index < -0.39 is 6.09 Å². The summed E-state index contributed by atoms with van der Waals surface area (Å²) in [5.74, 6) is 0.341. The van der Waals surface area contributed by atoms with Crippen LogP contribution in [0.25, 0.3) is 16.7 Å². The smallest absolute Gasteiger partial charge is 0.407 e. The van der Waals surface area contributed by atoms with Gasteiger partial charge in [0, 0.05) is 18.1 Å². The number of piperidine rings is 1. The van der Waals surface area contributed by atoms with E-state index in [1.807, 2.05) is 24.3 Å². The van der Waals surface area contributed by atoms with E-state index in [1.54, 1.807) is 22.8 Å². The molecule has 6 nitrogen and oxygen atoms in total. The number of rotatable bonds is 2. The highest BCUT2D eigenvalue weighted by molar-refractivity contribution is 6.31. The molecule has 26 heavy (non-hydrogen) atoms. The summed E-state index contributed by atoms with van der Waals surface area (Å²) in [4.78, 5) is 27.7. The number of imidazole rings is 1. The Morgan fingerprint density at radius 3 is 2.46 bits per heavy atom. The SMILES string of the molecule is O=C(O)N1CCC(c2ccc(-n3c(=O)[nH]c4ccc(Cl)cc43)cc2)CC1. The van der Waals surface area contributed by atoms with Crippen LogP contribution in [0, 0.1) is 0 Å². The average molecular weight is 372 g/mol. The molecule has 0 aliphatic carbocycles. The maximum Gasteiger partial charge on any atom is 0.407 e. The molecule has 1 saturated heterocycles. The van der Waals surface area contributed by atoms with Crippen molar-refractivity contribution < 1.29 is 9.90 Å². The molecule has 1 aromatic heterocycles. The zero-order valence-electron chi connectivity index (χ0n) is 14.0. The van der Waals surface area contributed by atoms with Crippen molar-refractivity contribution in [3.05, 3.63) is 63.5 Å². The van der Waals surface area contributed by atoms with Gasteiger partial charge in [-0.2, -0.15) is 0 Å². The zero-order chi connectivity index (χ0) is 18.3. The Morgan fingerprint density at radius 1 is 1.12 bits per heavy atom. The van der Waals surface area contributed by atoms with Crippen molar-refractivity contribution in [2.75, 3.05) is 13.1 Å². The third-order valence-electron chi connectivity index (χ3n) is 5.03. The lowest BCUT2D eigenvalue weighted by Crippen LogP contribution is -2.36. The van der Waals surface area contributed by atoms with Crippen molar-refractivity contribution in [3.8, 4) is 5.69 Å². The van der Waals surface area contributed by atoms with E-state index in [-0.39, 0.29) is 5.69 Å². The Balaban J connectivity index is 1.61. The van der Waals surface area contributed by atoms with Crippen LogP contribution in [0.4, 0.5) is 4.79 Å². The first-order valence-electron chi connectivity index (χ1n) is 8.51. The van der Waals surface area contributed by atoms with Gasteiger partial charge in [-0.3, -0.25) is 4.57 Å². The van der Waals surface area contributed by atoms with Crippen LogP contribution >= 0.6 is 11.6 Å². The maximum absolute atomic E-state index is 12.3. The van der Waals surface area contributed by atoms with Crippen LogP contribution in [-0.2, 0) is 0 Å². The number of carbonyl (C=O) groups is 1. The van der Waals surface area contributed by atoms with Gasteiger partial charge in [-0.15, -0.1) is 0 Å². The second kappa shape index (κ2) is 6.53. The number of benzene rings is 2. The Labute approximate surface area is 154 Å². The summed E-state index contributed by atoms with van der Waals surface area (Å²) in [5, 5.41) is 9.63. The van der Waals surface area contributed by atoms with E-state index >= 15 is 0 Å². The second-order valence-electron chi connectivity index (χ2n) is 6.56. The second-order valence-corrected chi connectivity index (χ2v) is 7.00. The van der Waals surface area contributed by atoms with E-state index in [2.05, 4.69) is 4.98 Å². The van der Waals surface area contributed by atoms with E-state index in [1.165, 1.54) is 10.5 Å². The molecular weight excluding hydrogens is 354 g/mol. The monoisotopic (exact) mass is 371 g/mol. The summed E-state index contributed by atoms with van der Waals surface area (Å²) in [6, 6.07) is 13.2. The minimum Gasteiger partial charge on any atom is -0.465 e. The third kappa shape index (κ3) is 2.97. The average Bonchev–Trinajstić information content (AvgIpc) is 2.97. The van der Waals surface area contributed by atoms with Crippen LogP contribution in [0.15, 0.2) is 47.3 Å². The molecule has 2 N–H and O–H groups in total. The number of fused-ring (bicyclic) bond motifs is 1. The summed E-state index contributed by atoms with van der Waals surface area (Å²) in [7, 11) is 0. The first kappa shape index (κ1) is 16.7. The third-order valence-corrected chi connectivity index (χ3v) is 5.27. The summed E-state index contributed by atoms with van der Waals surface area (Å²) in [5.41, 5.74) is 3.22. The summed E-state index contributed by atoms with van der Waals surface area (Å²) >= 11 is 6.07. The zero-order valence-corrected chi connectivity index (χ0v) is 14.7. The number of aromatic nitrogens is 2. The highest BCUT2D eigenvalue weighted by atomic mass is 35.5. The van der Waals surface area contributed by atoms with Crippen molar-refractivity contribution in [1.82, 2.24) is 14.5 Å². The van der Waals surface area contributed by atoms with Gasteiger partial charge in [0.05, 0.1) is 16.7 Å². The van der Waals surface area contributed by atoms with Gasteiger partial charge in [0.2, 0.25) is 0 Å². The van der Waals surface area contributed by atoms with Gasteiger partial charge in [0.1, 0.15) is 0 Å². The molecule has 1 aliphatic heterocycles. The molecule has 2 heterocycles. The molecule has 1 aliphatic rings. The van der Waals surface area contributed by atoms with Crippen molar-refractivity contribution in [1.29, 1.82) is 0 Å². The molecule has 0 atom stereocenters. The number of hydrogen-bond acceptors (Lipinski definition) is 2. The first-order valence-corrected chi connectivity index (χ1v) is 8.89. The molecule has 0 saturated carbocycles. The topological polar surface area (TPSA) is 78.3 Å². The minimum atomic E-state index is -0.851. The summed E-state index contributed by atoms with van der Waals surface area (Å²) < 4.78 is 1.61. The van der Waals surface area contributed by atoms with E-state index in [9.17, 15) is 9.59 Å². The molecule has 4 rings (SSSR count). The molecule has 0 spiro atoms. The minimum absolute atomic E-state index is 0.204. The maximum atomic E-state index is 12.3. The van der Waals surface area contributed by atoms with Crippen LogP contribution in [0.5, 0.6) is 0 Å². The van der Waals surface area contributed by atoms with Crippen LogP contribution in [0.3, 0.4) is 0 Å². The lowest BCUT2D eigenvalue weighted by Gasteiger charge is -2.30. The van der Waals surface area contributed by atoms with Gasteiger partial charge in [-0.05, 0) is 54.7 Å². The number of hydrogen-bond donors (Lipinski definition) is 2. The quantitative estimate of drug-likeness (QED) is 0.718.